The van der Waals surface area contributed by atoms with Crippen LogP contribution in [0.2, 0.25) is 0 Å². The molecule has 108 valence electrons. The zero-order valence-corrected chi connectivity index (χ0v) is 15.2. The van der Waals surface area contributed by atoms with Crippen LogP contribution in [0.3, 0.4) is 0 Å². The van der Waals surface area contributed by atoms with Gasteiger partial charge in [0.1, 0.15) is 0 Å². The highest BCUT2D eigenvalue weighted by Gasteiger charge is 2.13. The van der Waals surface area contributed by atoms with Crippen LogP contribution in [0.4, 0.5) is 0 Å². The molecule has 0 amide bonds. The van der Waals surface area contributed by atoms with E-state index < -0.39 is 0 Å². The van der Waals surface area contributed by atoms with Gasteiger partial charge in [-0.3, -0.25) is 0 Å². The number of rotatable bonds is 5. The van der Waals surface area contributed by atoms with Crippen LogP contribution in [-0.4, -0.2) is 16.3 Å². The summed E-state index contributed by atoms with van der Waals surface area (Å²) >= 11 is 7.14. The summed E-state index contributed by atoms with van der Waals surface area (Å²) in [6, 6.07) is 6.32. The first-order valence-corrected chi connectivity index (χ1v) is 8.34. The molecular formula is C15H19Br2N3. The molecule has 0 bridgehead atoms. The molecule has 1 aromatic heterocycles. The Morgan fingerprint density at radius 1 is 1.25 bits per heavy atom. The molecule has 1 N–H and O–H groups in total. The lowest BCUT2D eigenvalue weighted by molar-refractivity contribution is 0.668. The number of aromatic nitrogens is 2. The van der Waals surface area contributed by atoms with Crippen LogP contribution < -0.4 is 5.32 Å². The summed E-state index contributed by atoms with van der Waals surface area (Å²) < 4.78 is 4.18. The first-order valence-electron chi connectivity index (χ1n) is 6.75. The molecule has 0 saturated carbocycles. The topological polar surface area (TPSA) is 29.9 Å². The van der Waals surface area contributed by atoms with E-state index in [0.717, 1.165) is 45.5 Å². The van der Waals surface area contributed by atoms with Gasteiger partial charge in [-0.05, 0) is 66.5 Å². The van der Waals surface area contributed by atoms with Crippen LogP contribution in [0.25, 0.3) is 5.69 Å². The molecule has 0 saturated heterocycles. The Morgan fingerprint density at radius 2 is 2.00 bits per heavy atom. The first-order chi connectivity index (χ1) is 9.54. The summed E-state index contributed by atoms with van der Waals surface area (Å²) in [5, 5.41) is 8.08. The molecule has 20 heavy (non-hydrogen) atoms. The molecule has 0 unspecified atom stereocenters. The van der Waals surface area contributed by atoms with E-state index in [0.29, 0.717) is 0 Å². The number of hydrogen-bond acceptors (Lipinski definition) is 2. The molecule has 0 atom stereocenters. The lowest BCUT2D eigenvalue weighted by Gasteiger charge is -2.12. The standard InChI is InChI=1S/C15H19Br2N3/c1-4-7-18-9-12-8-13(16)5-6-14(12)20-11(3)15(17)10(2)19-20/h5-6,8,18H,4,7,9H2,1-3H3. The zero-order valence-electron chi connectivity index (χ0n) is 12.0. The van der Waals surface area contributed by atoms with Gasteiger partial charge in [-0.15, -0.1) is 0 Å². The van der Waals surface area contributed by atoms with Crippen LogP contribution in [-0.2, 0) is 6.54 Å². The number of nitrogens with one attached hydrogen (secondary N) is 1. The Bertz CT molecular complexity index is 605. The molecule has 3 nitrogen and oxygen atoms in total. The van der Waals surface area contributed by atoms with Crippen LogP contribution in [0.15, 0.2) is 27.1 Å². The predicted octanol–water partition coefficient (Wildman–Crippen LogP) is 4.51. The molecule has 2 rings (SSSR count). The summed E-state index contributed by atoms with van der Waals surface area (Å²) in [4.78, 5) is 0. The molecule has 0 radical (unpaired) electrons. The van der Waals surface area contributed by atoms with E-state index in [1.165, 1.54) is 5.56 Å². The second kappa shape index (κ2) is 6.87. The SMILES string of the molecule is CCCNCc1cc(Br)ccc1-n1nc(C)c(Br)c1C. The monoisotopic (exact) mass is 399 g/mol. The molecule has 0 aliphatic rings. The molecule has 0 fully saturated rings. The summed E-state index contributed by atoms with van der Waals surface area (Å²) in [6.07, 6.45) is 1.13. The Balaban J connectivity index is 2.42. The number of nitrogens with zero attached hydrogens (tertiary/aromatic N) is 2. The molecule has 0 aliphatic carbocycles. The quantitative estimate of drug-likeness (QED) is 0.748. The van der Waals surface area contributed by atoms with Gasteiger partial charge >= 0.3 is 0 Å². The fourth-order valence-electron chi connectivity index (χ4n) is 2.16. The van der Waals surface area contributed by atoms with Crippen molar-refractivity contribution < 1.29 is 0 Å². The predicted molar refractivity (Wildman–Crippen MR) is 90.4 cm³/mol. The Labute approximate surface area is 137 Å². The highest BCUT2D eigenvalue weighted by Crippen LogP contribution is 2.26. The van der Waals surface area contributed by atoms with Crippen molar-refractivity contribution in [2.24, 2.45) is 0 Å². The van der Waals surface area contributed by atoms with Gasteiger partial charge in [-0.1, -0.05) is 22.9 Å². The Hall–Kier alpha value is -0.650. The van der Waals surface area contributed by atoms with Crippen molar-refractivity contribution in [2.45, 2.75) is 33.7 Å². The first kappa shape index (κ1) is 15.7. The molecule has 0 aliphatic heterocycles. The van der Waals surface area contributed by atoms with Gasteiger partial charge in [0, 0.05) is 11.0 Å². The third-order valence-electron chi connectivity index (χ3n) is 3.21. The number of benzene rings is 1. The minimum absolute atomic E-state index is 0.846. The fourth-order valence-corrected chi connectivity index (χ4v) is 2.82. The summed E-state index contributed by atoms with van der Waals surface area (Å²) in [6.45, 7) is 8.13. The summed E-state index contributed by atoms with van der Waals surface area (Å²) in [7, 11) is 0. The van der Waals surface area contributed by atoms with Gasteiger partial charge in [-0.2, -0.15) is 5.10 Å². The fraction of sp³-hybridized carbons (Fsp3) is 0.400. The van der Waals surface area contributed by atoms with Crippen LogP contribution in [0.5, 0.6) is 0 Å². The Kier molecular flexibility index (Phi) is 5.41. The van der Waals surface area contributed by atoms with E-state index in [4.69, 9.17) is 0 Å². The van der Waals surface area contributed by atoms with E-state index >= 15 is 0 Å². The lowest BCUT2D eigenvalue weighted by Crippen LogP contribution is -2.16. The van der Waals surface area contributed by atoms with E-state index in [-0.39, 0.29) is 0 Å². The third kappa shape index (κ3) is 3.32. The van der Waals surface area contributed by atoms with E-state index in [1.807, 2.05) is 11.6 Å². The van der Waals surface area contributed by atoms with Crippen molar-refractivity contribution in [1.29, 1.82) is 0 Å². The van der Waals surface area contributed by atoms with Crippen molar-refractivity contribution in [3.63, 3.8) is 0 Å². The van der Waals surface area contributed by atoms with Crippen LogP contribution >= 0.6 is 31.9 Å². The van der Waals surface area contributed by atoms with E-state index in [1.54, 1.807) is 0 Å². The average molecular weight is 401 g/mol. The molecule has 1 heterocycles. The van der Waals surface area contributed by atoms with E-state index in [9.17, 15) is 0 Å². The van der Waals surface area contributed by atoms with Crippen LogP contribution in [0.1, 0.15) is 30.3 Å². The lowest BCUT2D eigenvalue weighted by atomic mass is 10.1. The molecule has 2 aromatic rings. The largest absolute Gasteiger partial charge is 0.313 e. The van der Waals surface area contributed by atoms with Crippen molar-refractivity contribution in [1.82, 2.24) is 15.1 Å². The van der Waals surface area contributed by atoms with Gasteiger partial charge in [0.2, 0.25) is 0 Å². The van der Waals surface area contributed by atoms with Crippen molar-refractivity contribution in [3.05, 3.63) is 44.1 Å². The van der Waals surface area contributed by atoms with Crippen molar-refractivity contribution in [2.75, 3.05) is 6.54 Å². The third-order valence-corrected chi connectivity index (χ3v) is 4.86. The minimum Gasteiger partial charge on any atom is -0.313 e. The molecule has 5 heteroatoms. The van der Waals surface area contributed by atoms with Crippen molar-refractivity contribution >= 4 is 31.9 Å². The molecular weight excluding hydrogens is 382 g/mol. The van der Waals surface area contributed by atoms with Gasteiger partial charge in [0.25, 0.3) is 0 Å². The van der Waals surface area contributed by atoms with Gasteiger partial charge < -0.3 is 5.32 Å². The second-order valence-electron chi connectivity index (χ2n) is 4.85. The maximum atomic E-state index is 4.63. The maximum Gasteiger partial charge on any atom is 0.0743 e. The molecule has 0 spiro atoms. The normalized spacial score (nSPS) is 11.1. The smallest absolute Gasteiger partial charge is 0.0743 e. The highest BCUT2D eigenvalue weighted by atomic mass is 79.9. The van der Waals surface area contributed by atoms with Gasteiger partial charge in [0.05, 0.1) is 21.5 Å². The van der Waals surface area contributed by atoms with Gasteiger partial charge in [-0.25, -0.2) is 4.68 Å². The number of aryl methyl sites for hydroxylation is 1. The molecule has 1 aromatic carbocycles. The summed E-state index contributed by atoms with van der Waals surface area (Å²) in [5.41, 5.74) is 4.51. The highest BCUT2D eigenvalue weighted by molar-refractivity contribution is 9.10. The maximum absolute atomic E-state index is 4.63. The number of hydrogen-bond donors (Lipinski definition) is 1. The second-order valence-corrected chi connectivity index (χ2v) is 6.56. The Morgan fingerprint density at radius 3 is 2.60 bits per heavy atom. The average Bonchev–Trinajstić information content (AvgIpc) is 2.67. The number of halogens is 2. The van der Waals surface area contributed by atoms with Crippen molar-refractivity contribution in [3.8, 4) is 5.69 Å². The van der Waals surface area contributed by atoms with E-state index in [2.05, 4.69) is 74.3 Å². The minimum atomic E-state index is 0.846. The van der Waals surface area contributed by atoms with Gasteiger partial charge in [0.15, 0.2) is 0 Å². The van der Waals surface area contributed by atoms with Crippen LogP contribution in [0, 0.1) is 13.8 Å². The summed E-state index contributed by atoms with van der Waals surface area (Å²) in [5.74, 6) is 0. The zero-order chi connectivity index (χ0) is 14.7.